The molecule has 1 saturated carbocycles. The van der Waals surface area contributed by atoms with Crippen LogP contribution in [0.4, 0.5) is 4.79 Å². The van der Waals surface area contributed by atoms with Crippen LogP contribution in [-0.2, 0) is 6.42 Å². The fraction of sp³-hybridized carbons (Fsp3) is 0.444. The molecule has 0 unspecified atom stereocenters. The Kier molecular flexibility index (Phi) is 4.97. The summed E-state index contributed by atoms with van der Waals surface area (Å²) in [6, 6.07) is 8.15. The highest BCUT2D eigenvalue weighted by Crippen LogP contribution is 2.41. The van der Waals surface area contributed by atoms with Crippen molar-refractivity contribution in [3.05, 3.63) is 39.2 Å². The van der Waals surface area contributed by atoms with Crippen molar-refractivity contribution in [1.82, 2.24) is 9.27 Å². The lowest BCUT2D eigenvalue weighted by molar-refractivity contribution is 0.0953. The first-order chi connectivity index (χ1) is 11.4. The highest BCUT2D eigenvalue weighted by atomic mass is 79.9. The third-order valence-corrected chi connectivity index (χ3v) is 6.46. The molecule has 1 heterocycles. The minimum absolute atomic E-state index is 0.302. The Morgan fingerprint density at radius 3 is 2.54 bits per heavy atom. The van der Waals surface area contributed by atoms with Gasteiger partial charge in [-0.3, -0.25) is 0 Å². The number of nitrogens with zero attached hydrogens (tertiary/aromatic N) is 2. The van der Waals surface area contributed by atoms with Crippen LogP contribution >= 0.6 is 27.5 Å². The number of hydrogen-bond donors (Lipinski definition) is 1. The molecule has 1 aromatic carbocycles. The summed E-state index contributed by atoms with van der Waals surface area (Å²) in [6.45, 7) is 2.08. The highest BCUT2D eigenvalue weighted by molar-refractivity contribution is 9.10. The second kappa shape index (κ2) is 6.84. The van der Waals surface area contributed by atoms with Gasteiger partial charge in [0, 0.05) is 22.0 Å². The molecule has 0 atom stereocenters. The molecule has 1 N–H and O–H groups in total. The Bertz CT molecular complexity index is 736. The number of rotatable bonds is 4. The molecule has 1 fully saturated rings. The van der Waals surface area contributed by atoms with Gasteiger partial charge in [0.1, 0.15) is 0 Å². The summed E-state index contributed by atoms with van der Waals surface area (Å²) in [5, 5.41) is 9.53. The van der Waals surface area contributed by atoms with Crippen molar-refractivity contribution in [3.63, 3.8) is 0 Å². The zero-order valence-corrected chi connectivity index (χ0v) is 16.3. The average molecular weight is 409 g/mol. The fourth-order valence-electron chi connectivity index (χ4n) is 3.63. The number of carboxylic acid groups (broad SMARTS) is 1. The lowest BCUT2D eigenvalue weighted by Gasteiger charge is -2.37. The standard InChI is InChI=1S/C18H21BrN2O2S/c1-12-15(11-18(9-3-4-10-18)21(2)17(22)23)16(20-24-12)13-5-7-14(19)8-6-13/h5-8H,3-4,9-11H2,1-2H3,(H,22,23). The molecule has 0 radical (unpaired) electrons. The van der Waals surface area contributed by atoms with Gasteiger partial charge in [-0.15, -0.1) is 0 Å². The van der Waals surface area contributed by atoms with Gasteiger partial charge in [0.2, 0.25) is 0 Å². The SMILES string of the molecule is Cc1snc(-c2ccc(Br)cc2)c1CC1(N(C)C(=O)O)CCCC1. The lowest BCUT2D eigenvalue weighted by Crippen LogP contribution is -2.48. The van der Waals surface area contributed by atoms with Crippen molar-refractivity contribution >= 4 is 33.6 Å². The molecular formula is C18H21BrN2O2S. The summed E-state index contributed by atoms with van der Waals surface area (Å²) >= 11 is 4.97. The first-order valence-electron chi connectivity index (χ1n) is 8.11. The third kappa shape index (κ3) is 3.22. The molecule has 1 aliphatic rings. The monoisotopic (exact) mass is 408 g/mol. The Morgan fingerprint density at radius 1 is 1.33 bits per heavy atom. The molecule has 0 aliphatic heterocycles. The second-order valence-corrected chi connectivity index (χ2v) is 8.42. The smallest absolute Gasteiger partial charge is 0.407 e. The van der Waals surface area contributed by atoms with Crippen molar-refractivity contribution in [2.24, 2.45) is 0 Å². The number of carbonyl (C=O) groups is 1. The molecule has 3 rings (SSSR count). The second-order valence-electron chi connectivity index (χ2n) is 6.52. The average Bonchev–Trinajstić information content (AvgIpc) is 3.17. The van der Waals surface area contributed by atoms with E-state index in [9.17, 15) is 9.90 Å². The van der Waals surface area contributed by atoms with E-state index in [1.165, 1.54) is 26.9 Å². The summed E-state index contributed by atoms with van der Waals surface area (Å²) in [7, 11) is 1.71. The maximum Gasteiger partial charge on any atom is 0.407 e. The zero-order chi connectivity index (χ0) is 17.3. The van der Waals surface area contributed by atoms with E-state index in [2.05, 4.69) is 39.4 Å². The van der Waals surface area contributed by atoms with Gasteiger partial charge >= 0.3 is 6.09 Å². The van der Waals surface area contributed by atoms with Crippen molar-refractivity contribution in [2.45, 2.75) is 44.6 Å². The summed E-state index contributed by atoms with van der Waals surface area (Å²) in [5.41, 5.74) is 2.97. The van der Waals surface area contributed by atoms with Gasteiger partial charge in [-0.2, -0.15) is 4.37 Å². The van der Waals surface area contributed by atoms with Gasteiger partial charge in [0.25, 0.3) is 0 Å². The van der Waals surface area contributed by atoms with E-state index < -0.39 is 6.09 Å². The molecule has 1 aliphatic carbocycles. The Morgan fingerprint density at radius 2 is 1.96 bits per heavy atom. The van der Waals surface area contributed by atoms with E-state index in [-0.39, 0.29) is 5.54 Å². The topological polar surface area (TPSA) is 53.4 Å². The summed E-state index contributed by atoms with van der Waals surface area (Å²) in [6.07, 6.45) is 3.91. The Hall–Kier alpha value is -1.40. The Labute approximate surface area is 154 Å². The van der Waals surface area contributed by atoms with E-state index in [1.54, 1.807) is 7.05 Å². The summed E-state index contributed by atoms with van der Waals surface area (Å²) < 4.78 is 5.69. The van der Waals surface area contributed by atoms with Gasteiger partial charge in [-0.1, -0.05) is 40.9 Å². The minimum atomic E-state index is -0.845. The van der Waals surface area contributed by atoms with Gasteiger partial charge < -0.3 is 10.0 Å². The molecule has 1 amide bonds. The van der Waals surface area contributed by atoms with E-state index in [4.69, 9.17) is 0 Å². The number of likely N-dealkylation sites (N-methyl/N-ethyl adjacent to an activating group) is 1. The first-order valence-corrected chi connectivity index (χ1v) is 9.67. The van der Waals surface area contributed by atoms with Crippen molar-refractivity contribution in [3.8, 4) is 11.3 Å². The quantitative estimate of drug-likeness (QED) is 0.741. The third-order valence-electron chi connectivity index (χ3n) is 5.14. The number of aromatic nitrogens is 1. The van der Waals surface area contributed by atoms with Crippen LogP contribution in [-0.4, -0.2) is 33.1 Å². The van der Waals surface area contributed by atoms with Crippen LogP contribution in [0.1, 0.15) is 36.1 Å². The van der Waals surface area contributed by atoms with Crippen LogP contribution in [0.2, 0.25) is 0 Å². The van der Waals surface area contributed by atoms with Gasteiger partial charge in [0.05, 0.1) is 11.2 Å². The van der Waals surface area contributed by atoms with E-state index in [0.29, 0.717) is 0 Å². The van der Waals surface area contributed by atoms with Gasteiger partial charge in [-0.25, -0.2) is 4.79 Å². The van der Waals surface area contributed by atoms with Crippen LogP contribution in [0.15, 0.2) is 28.7 Å². The Balaban J connectivity index is 1.99. The minimum Gasteiger partial charge on any atom is -0.465 e. The van der Waals surface area contributed by atoms with E-state index in [0.717, 1.165) is 47.8 Å². The van der Waals surface area contributed by atoms with Crippen LogP contribution in [0.3, 0.4) is 0 Å². The van der Waals surface area contributed by atoms with Crippen LogP contribution in [0.5, 0.6) is 0 Å². The molecule has 4 nitrogen and oxygen atoms in total. The number of hydrogen-bond acceptors (Lipinski definition) is 3. The maximum atomic E-state index is 11.6. The highest BCUT2D eigenvalue weighted by Gasteiger charge is 2.41. The van der Waals surface area contributed by atoms with Crippen LogP contribution in [0, 0.1) is 6.92 Å². The summed E-state index contributed by atoms with van der Waals surface area (Å²) in [4.78, 5) is 14.3. The molecule has 24 heavy (non-hydrogen) atoms. The van der Waals surface area contributed by atoms with E-state index in [1.807, 2.05) is 12.1 Å². The molecule has 6 heteroatoms. The largest absolute Gasteiger partial charge is 0.465 e. The van der Waals surface area contributed by atoms with Crippen molar-refractivity contribution in [2.75, 3.05) is 7.05 Å². The molecular weight excluding hydrogens is 388 g/mol. The van der Waals surface area contributed by atoms with E-state index >= 15 is 0 Å². The molecule has 0 bridgehead atoms. The number of benzene rings is 1. The number of halogens is 1. The van der Waals surface area contributed by atoms with Crippen molar-refractivity contribution < 1.29 is 9.90 Å². The molecule has 2 aromatic rings. The number of aryl methyl sites for hydroxylation is 1. The molecule has 0 saturated heterocycles. The zero-order valence-electron chi connectivity index (χ0n) is 13.9. The molecule has 128 valence electrons. The fourth-order valence-corrected chi connectivity index (χ4v) is 4.62. The van der Waals surface area contributed by atoms with Gasteiger partial charge in [-0.05, 0) is 55.4 Å². The predicted octanol–water partition coefficient (Wildman–Crippen LogP) is 5.35. The predicted molar refractivity (Wildman–Crippen MR) is 101 cm³/mol. The first kappa shape index (κ1) is 17.4. The maximum absolute atomic E-state index is 11.6. The van der Waals surface area contributed by atoms with Crippen LogP contribution < -0.4 is 0 Å². The lowest BCUT2D eigenvalue weighted by atomic mass is 9.86. The molecule has 1 aromatic heterocycles. The normalized spacial score (nSPS) is 16.3. The number of amides is 1. The van der Waals surface area contributed by atoms with Gasteiger partial charge in [0.15, 0.2) is 0 Å². The van der Waals surface area contributed by atoms with Crippen molar-refractivity contribution in [1.29, 1.82) is 0 Å². The van der Waals surface area contributed by atoms with Crippen LogP contribution in [0.25, 0.3) is 11.3 Å². The summed E-state index contributed by atoms with van der Waals surface area (Å²) in [5.74, 6) is 0. The molecule has 0 spiro atoms.